The molecule has 2 aliphatic heterocycles. The molecule has 2 amide bonds. The van der Waals surface area contributed by atoms with Crippen LogP contribution in [0.4, 0.5) is 5.82 Å². The van der Waals surface area contributed by atoms with Gasteiger partial charge in [-0.25, -0.2) is 0 Å². The largest absolute Gasteiger partial charge is 0.341 e. The van der Waals surface area contributed by atoms with Crippen molar-refractivity contribution in [2.75, 3.05) is 30.3 Å². The number of hydrogen-bond acceptors (Lipinski definition) is 4. The Labute approximate surface area is 192 Å². The van der Waals surface area contributed by atoms with Gasteiger partial charge in [0.15, 0.2) is 0 Å². The van der Waals surface area contributed by atoms with Crippen LogP contribution in [0.15, 0.2) is 24.3 Å². The molecule has 31 heavy (non-hydrogen) atoms. The van der Waals surface area contributed by atoms with Gasteiger partial charge in [-0.1, -0.05) is 44.5 Å². The van der Waals surface area contributed by atoms with Crippen LogP contribution in [0.25, 0.3) is 0 Å². The number of carbonyl (C=O) groups is 2. The van der Waals surface area contributed by atoms with Gasteiger partial charge in [-0.2, -0.15) is 5.10 Å². The fourth-order valence-corrected chi connectivity index (χ4v) is 5.76. The fraction of sp³-hybridized carbons (Fsp3) is 0.522. The molecule has 6 nitrogen and oxygen atoms in total. The zero-order valence-electron chi connectivity index (χ0n) is 18.5. The second-order valence-corrected chi connectivity index (χ2v) is 10.8. The molecule has 0 bridgehead atoms. The standard InChI is InChI=1S/C23H29ClN4O2S/c1-23(2,3)21-19-20(15-8-7-9-16(24)12-15)31-14-18(30)28(22(19)26(4)25-21)13-17(29)27-10-5-6-11-27/h7-9,12,20H,5-6,10-11,13-14H2,1-4H3. The van der Waals surface area contributed by atoms with E-state index in [1.165, 1.54) is 0 Å². The van der Waals surface area contributed by atoms with Gasteiger partial charge in [0.2, 0.25) is 11.8 Å². The summed E-state index contributed by atoms with van der Waals surface area (Å²) < 4.78 is 1.77. The topological polar surface area (TPSA) is 58.4 Å². The molecule has 8 heteroatoms. The average molecular weight is 461 g/mol. The van der Waals surface area contributed by atoms with Crippen molar-refractivity contribution in [3.63, 3.8) is 0 Å². The molecular weight excluding hydrogens is 432 g/mol. The highest BCUT2D eigenvalue weighted by Gasteiger charge is 2.39. The van der Waals surface area contributed by atoms with Crippen LogP contribution < -0.4 is 4.90 Å². The summed E-state index contributed by atoms with van der Waals surface area (Å²) in [7, 11) is 1.86. The first-order valence-electron chi connectivity index (χ1n) is 10.7. The zero-order valence-corrected chi connectivity index (χ0v) is 20.1. The smallest absolute Gasteiger partial charge is 0.242 e. The Hall–Kier alpha value is -1.99. The number of rotatable bonds is 3. The number of carbonyl (C=O) groups excluding carboxylic acids is 2. The quantitative estimate of drug-likeness (QED) is 0.690. The molecule has 0 spiro atoms. The molecule has 0 N–H and O–H groups in total. The van der Waals surface area contributed by atoms with Crippen LogP contribution in [0, 0.1) is 0 Å². The van der Waals surface area contributed by atoms with Gasteiger partial charge in [0, 0.05) is 36.1 Å². The van der Waals surface area contributed by atoms with Gasteiger partial charge in [-0.15, -0.1) is 11.8 Å². The van der Waals surface area contributed by atoms with E-state index >= 15 is 0 Å². The van der Waals surface area contributed by atoms with Crippen molar-refractivity contribution in [1.82, 2.24) is 14.7 Å². The van der Waals surface area contributed by atoms with Crippen LogP contribution in [-0.2, 0) is 22.1 Å². The van der Waals surface area contributed by atoms with Gasteiger partial charge in [0.1, 0.15) is 12.4 Å². The first-order chi connectivity index (χ1) is 14.7. The highest BCUT2D eigenvalue weighted by molar-refractivity contribution is 8.00. The summed E-state index contributed by atoms with van der Waals surface area (Å²) in [5.41, 5.74) is 2.76. The van der Waals surface area contributed by atoms with Crippen molar-refractivity contribution in [3.05, 3.63) is 46.1 Å². The number of halogens is 1. The van der Waals surface area contributed by atoms with Crippen LogP contribution in [0.3, 0.4) is 0 Å². The van der Waals surface area contributed by atoms with Gasteiger partial charge < -0.3 is 4.90 Å². The van der Waals surface area contributed by atoms with E-state index < -0.39 is 0 Å². The molecular formula is C23H29ClN4O2S. The second-order valence-electron chi connectivity index (χ2n) is 9.27. The first-order valence-corrected chi connectivity index (χ1v) is 12.1. The van der Waals surface area contributed by atoms with E-state index in [0.717, 1.165) is 48.6 Å². The monoisotopic (exact) mass is 460 g/mol. The molecule has 1 saturated heterocycles. The van der Waals surface area contributed by atoms with Crippen LogP contribution >= 0.6 is 23.4 Å². The zero-order chi connectivity index (χ0) is 22.3. The molecule has 1 atom stereocenters. The maximum Gasteiger partial charge on any atom is 0.242 e. The minimum Gasteiger partial charge on any atom is -0.341 e. The minimum absolute atomic E-state index is 0.00140. The summed E-state index contributed by atoms with van der Waals surface area (Å²) >= 11 is 7.88. The number of thioether (sulfide) groups is 1. The minimum atomic E-state index is -0.221. The lowest BCUT2D eigenvalue weighted by molar-refractivity contribution is -0.130. The Morgan fingerprint density at radius 1 is 1.26 bits per heavy atom. The third-order valence-electron chi connectivity index (χ3n) is 5.86. The summed E-state index contributed by atoms with van der Waals surface area (Å²) in [4.78, 5) is 29.7. The number of aromatic nitrogens is 2. The van der Waals surface area contributed by atoms with Crippen LogP contribution in [-0.4, -0.2) is 51.9 Å². The fourth-order valence-electron chi connectivity index (χ4n) is 4.38. The predicted molar refractivity (Wildman–Crippen MR) is 126 cm³/mol. The third kappa shape index (κ3) is 4.35. The maximum absolute atomic E-state index is 13.2. The van der Waals surface area contributed by atoms with E-state index in [1.807, 2.05) is 36.2 Å². The van der Waals surface area contributed by atoms with Gasteiger partial charge >= 0.3 is 0 Å². The van der Waals surface area contributed by atoms with Crippen LogP contribution in [0.5, 0.6) is 0 Å². The SMILES string of the molecule is Cn1nc(C(C)(C)C)c2c1N(CC(=O)N1CCCC1)C(=O)CSC2c1cccc(Cl)c1. The normalized spacial score (nSPS) is 19.5. The van der Waals surface area contributed by atoms with Gasteiger partial charge in [0.25, 0.3) is 0 Å². The first kappa shape index (κ1) is 22.2. The van der Waals surface area contributed by atoms with Crippen molar-refractivity contribution >= 4 is 41.0 Å². The van der Waals surface area contributed by atoms with Crippen molar-refractivity contribution in [2.24, 2.45) is 7.05 Å². The number of hydrogen-bond donors (Lipinski definition) is 0. The summed E-state index contributed by atoms with van der Waals surface area (Å²) in [6, 6.07) is 7.79. The summed E-state index contributed by atoms with van der Waals surface area (Å²) in [6.45, 7) is 7.97. The Morgan fingerprint density at radius 2 is 1.97 bits per heavy atom. The molecule has 2 aliphatic rings. The number of amides is 2. The van der Waals surface area contributed by atoms with Crippen molar-refractivity contribution in [1.29, 1.82) is 0 Å². The van der Waals surface area contributed by atoms with Gasteiger partial charge in [-0.05, 0) is 30.5 Å². The molecule has 2 aromatic rings. The van der Waals surface area contributed by atoms with E-state index in [9.17, 15) is 9.59 Å². The van der Waals surface area contributed by atoms with E-state index in [-0.39, 0.29) is 29.0 Å². The molecule has 0 radical (unpaired) electrons. The number of anilines is 1. The summed E-state index contributed by atoms with van der Waals surface area (Å²) in [5, 5.41) is 5.42. The van der Waals surface area contributed by atoms with E-state index in [4.69, 9.17) is 16.7 Å². The van der Waals surface area contributed by atoms with Crippen LogP contribution in [0.1, 0.15) is 55.7 Å². The lowest BCUT2D eigenvalue weighted by Crippen LogP contribution is -2.43. The Morgan fingerprint density at radius 3 is 2.61 bits per heavy atom. The molecule has 1 aromatic carbocycles. The molecule has 4 rings (SSSR count). The highest BCUT2D eigenvalue weighted by Crippen LogP contribution is 2.47. The molecule has 0 saturated carbocycles. The Bertz CT molecular complexity index is 1010. The highest BCUT2D eigenvalue weighted by atomic mass is 35.5. The second kappa shape index (κ2) is 8.51. The van der Waals surface area contributed by atoms with E-state index in [2.05, 4.69) is 20.8 Å². The number of fused-ring (bicyclic) bond motifs is 1. The molecule has 3 heterocycles. The Balaban J connectivity index is 1.84. The van der Waals surface area contributed by atoms with Crippen molar-refractivity contribution in [2.45, 2.75) is 44.3 Å². The number of benzene rings is 1. The third-order valence-corrected chi connectivity index (χ3v) is 7.35. The van der Waals surface area contributed by atoms with Crippen molar-refractivity contribution in [3.8, 4) is 0 Å². The Kier molecular flexibility index (Phi) is 6.10. The number of likely N-dealkylation sites (tertiary alicyclic amines) is 1. The van der Waals surface area contributed by atoms with Gasteiger partial charge in [0.05, 0.1) is 16.7 Å². The number of aryl methyl sites for hydroxylation is 1. The summed E-state index contributed by atoms with van der Waals surface area (Å²) in [5.74, 6) is 0.952. The lowest BCUT2D eigenvalue weighted by Gasteiger charge is -2.25. The van der Waals surface area contributed by atoms with E-state index in [0.29, 0.717) is 10.8 Å². The molecule has 1 aromatic heterocycles. The van der Waals surface area contributed by atoms with E-state index in [1.54, 1.807) is 21.3 Å². The van der Waals surface area contributed by atoms with Crippen molar-refractivity contribution < 1.29 is 9.59 Å². The molecule has 0 aliphatic carbocycles. The lowest BCUT2D eigenvalue weighted by atomic mass is 9.87. The molecule has 1 fully saturated rings. The average Bonchev–Trinajstić information content (AvgIpc) is 3.32. The van der Waals surface area contributed by atoms with Gasteiger partial charge in [-0.3, -0.25) is 19.2 Å². The van der Waals surface area contributed by atoms with Crippen LogP contribution in [0.2, 0.25) is 5.02 Å². The molecule has 166 valence electrons. The summed E-state index contributed by atoms with van der Waals surface area (Å²) in [6.07, 6.45) is 2.05. The maximum atomic E-state index is 13.2. The predicted octanol–water partition coefficient (Wildman–Crippen LogP) is 4.16. The molecule has 1 unspecified atom stereocenters. The number of nitrogens with zero attached hydrogens (tertiary/aromatic N) is 4.